The van der Waals surface area contributed by atoms with Crippen LogP contribution in [0.25, 0.3) is 11.4 Å². The van der Waals surface area contributed by atoms with Crippen molar-refractivity contribution >= 4 is 18.0 Å². The van der Waals surface area contributed by atoms with Crippen LogP contribution < -0.4 is 5.32 Å². The van der Waals surface area contributed by atoms with Crippen molar-refractivity contribution in [2.24, 2.45) is 5.41 Å². The van der Waals surface area contributed by atoms with E-state index in [0.717, 1.165) is 47.5 Å². The Labute approximate surface area is 181 Å². The third-order valence-electron chi connectivity index (χ3n) is 6.17. The lowest BCUT2D eigenvalue weighted by molar-refractivity contribution is -0.137. The third-order valence-corrected chi connectivity index (χ3v) is 6.17. The Hall–Kier alpha value is -2.96. The molecule has 1 saturated carbocycles. The van der Waals surface area contributed by atoms with Crippen molar-refractivity contribution in [2.45, 2.75) is 58.8 Å². The quantitative estimate of drug-likeness (QED) is 0.394. The van der Waals surface area contributed by atoms with Gasteiger partial charge in [-0.05, 0) is 60.9 Å². The van der Waals surface area contributed by atoms with Gasteiger partial charge < -0.3 is 5.32 Å². The number of benzene rings is 1. The van der Waals surface area contributed by atoms with Crippen molar-refractivity contribution in [3.05, 3.63) is 47.0 Å². The summed E-state index contributed by atoms with van der Waals surface area (Å²) in [6.07, 6.45) is 5.80. The Bertz CT molecular complexity index is 947. The van der Waals surface area contributed by atoms with Crippen molar-refractivity contribution in [2.75, 3.05) is 6.54 Å². The first-order valence-electron chi connectivity index (χ1n) is 10.6. The van der Waals surface area contributed by atoms with Gasteiger partial charge in [-0.25, -0.2) is 14.4 Å². The van der Waals surface area contributed by atoms with Crippen molar-refractivity contribution in [1.29, 1.82) is 0 Å². The van der Waals surface area contributed by atoms with Crippen LogP contribution in [0.15, 0.2) is 24.5 Å². The van der Waals surface area contributed by atoms with Gasteiger partial charge in [-0.3, -0.25) is 14.4 Å². The summed E-state index contributed by atoms with van der Waals surface area (Å²) < 4.78 is 13.1. The number of carbonyl (C=O) groups excluding carboxylic acids is 3. The highest BCUT2D eigenvalue weighted by Crippen LogP contribution is 2.45. The zero-order valence-corrected chi connectivity index (χ0v) is 18.2. The molecule has 31 heavy (non-hydrogen) atoms. The number of halogens is 1. The first-order chi connectivity index (χ1) is 14.8. The summed E-state index contributed by atoms with van der Waals surface area (Å²) in [6.45, 7) is 6.25. The average Bonchev–Trinajstić information content (AvgIpc) is 2.70. The van der Waals surface area contributed by atoms with E-state index in [4.69, 9.17) is 0 Å². The molecule has 3 rings (SSSR count). The van der Waals surface area contributed by atoms with Gasteiger partial charge in [-0.1, -0.05) is 13.3 Å². The van der Waals surface area contributed by atoms with Crippen LogP contribution in [-0.4, -0.2) is 34.5 Å². The minimum absolute atomic E-state index is 0.0622. The molecule has 1 aliphatic rings. The molecule has 0 spiro atoms. The Balaban J connectivity index is 1.91. The van der Waals surface area contributed by atoms with E-state index in [1.54, 1.807) is 0 Å². The molecule has 1 aromatic heterocycles. The molecule has 2 aromatic rings. The van der Waals surface area contributed by atoms with E-state index < -0.39 is 11.7 Å². The number of hydrogen-bond acceptors (Lipinski definition) is 5. The van der Waals surface area contributed by atoms with Gasteiger partial charge in [0.15, 0.2) is 11.6 Å². The average molecular weight is 426 g/mol. The number of nitrogens with zero attached hydrogens (tertiary/aromatic N) is 2. The predicted octanol–water partition coefficient (Wildman–Crippen LogP) is 3.84. The summed E-state index contributed by atoms with van der Waals surface area (Å²) in [4.78, 5) is 45.2. The summed E-state index contributed by atoms with van der Waals surface area (Å²) in [7, 11) is 0. The first-order valence-corrected chi connectivity index (χ1v) is 10.6. The van der Waals surface area contributed by atoms with E-state index in [2.05, 4.69) is 15.3 Å². The Morgan fingerprint density at radius 2 is 1.68 bits per heavy atom. The highest BCUT2D eigenvalue weighted by Gasteiger charge is 2.45. The van der Waals surface area contributed by atoms with Gasteiger partial charge in [0.25, 0.3) is 0 Å². The van der Waals surface area contributed by atoms with Crippen LogP contribution >= 0.6 is 0 Å². The van der Waals surface area contributed by atoms with Crippen LogP contribution in [0, 0.1) is 25.1 Å². The van der Waals surface area contributed by atoms with Gasteiger partial charge in [0, 0.05) is 24.9 Å². The van der Waals surface area contributed by atoms with E-state index in [9.17, 15) is 18.8 Å². The van der Waals surface area contributed by atoms with Crippen molar-refractivity contribution < 1.29 is 18.8 Å². The second-order valence-electron chi connectivity index (χ2n) is 8.54. The molecule has 1 aliphatic carbocycles. The summed E-state index contributed by atoms with van der Waals surface area (Å²) in [6, 6.07) is 3.69. The van der Waals surface area contributed by atoms with Crippen molar-refractivity contribution in [1.82, 2.24) is 15.3 Å². The molecule has 0 aliphatic heterocycles. The fourth-order valence-corrected chi connectivity index (χ4v) is 4.93. The molecule has 0 atom stereocenters. The van der Waals surface area contributed by atoms with E-state index in [1.807, 2.05) is 32.9 Å². The first kappa shape index (κ1) is 22.7. The molecule has 1 amide bonds. The van der Waals surface area contributed by atoms with Gasteiger partial charge in [-0.2, -0.15) is 0 Å². The molecule has 7 heteroatoms. The fraction of sp³-hybridized carbons (Fsp3) is 0.458. The van der Waals surface area contributed by atoms with Crippen LogP contribution in [0.3, 0.4) is 0 Å². The molecule has 6 nitrogen and oxygen atoms in total. The second-order valence-corrected chi connectivity index (χ2v) is 8.54. The molecule has 1 N–H and O–H groups in total. The SMILES string of the molecule is CCCC1(CCNC=O)CC(=O)C(c2c(C)cc(-c3ncc(F)cn3)cc2C)C(=O)C1. The van der Waals surface area contributed by atoms with Crippen LogP contribution in [-0.2, 0) is 14.4 Å². The summed E-state index contributed by atoms with van der Waals surface area (Å²) >= 11 is 0. The molecule has 164 valence electrons. The monoisotopic (exact) mass is 425 g/mol. The van der Waals surface area contributed by atoms with Crippen LogP contribution in [0.1, 0.15) is 61.6 Å². The van der Waals surface area contributed by atoms with Crippen LogP contribution in [0.4, 0.5) is 4.39 Å². The standard InChI is InChI=1S/C24H28FN3O3/c1-4-5-24(6-7-26-14-29)10-19(30)22(20(31)11-24)21-15(2)8-17(9-16(21)3)23-27-12-18(25)13-28-23/h8-9,12-14,22H,4-7,10-11H2,1-3H3,(H,26,29). The molecular formula is C24H28FN3O3. The lowest BCUT2D eigenvalue weighted by Crippen LogP contribution is -2.41. The van der Waals surface area contributed by atoms with E-state index >= 15 is 0 Å². The lowest BCUT2D eigenvalue weighted by Gasteiger charge is -2.39. The van der Waals surface area contributed by atoms with Crippen LogP contribution in [0.5, 0.6) is 0 Å². The molecular weight excluding hydrogens is 397 g/mol. The van der Waals surface area contributed by atoms with Crippen molar-refractivity contribution in [3.63, 3.8) is 0 Å². The molecule has 0 bridgehead atoms. The maximum Gasteiger partial charge on any atom is 0.207 e. The largest absolute Gasteiger partial charge is 0.359 e. The number of aryl methyl sites for hydroxylation is 2. The smallest absolute Gasteiger partial charge is 0.207 e. The predicted molar refractivity (Wildman–Crippen MR) is 115 cm³/mol. The second kappa shape index (κ2) is 9.45. The van der Waals surface area contributed by atoms with Crippen molar-refractivity contribution in [3.8, 4) is 11.4 Å². The lowest BCUT2D eigenvalue weighted by atomic mass is 9.63. The molecule has 0 saturated heterocycles. The number of aromatic nitrogens is 2. The number of nitrogens with one attached hydrogen (secondary N) is 1. The van der Waals surface area contributed by atoms with E-state index in [-0.39, 0.29) is 17.0 Å². The minimum atomic E-state index is -0.771. The summed E-state index contributed by atoms with van der Waals surface area (Å²) in [5, 5.41) is 2.66. The highest BCUT2D eigenvalue weighted by molar-refractivity contribution is 6.10. The number of Topliss-reactive ketones (excluding diaryl/α,β-unsaturated/α-hetero) is 2. The number of rotatable bonds is 8. The third kappa shape index (κ3) is 4.86. The molecule has 1 heterocycles. The van der Waals surface area contributed by atoms with Gasteiger partial charge >= 0.3 is 0 Å². The van der Waals surface area contributed by atoms with E-state index in [0.29, 0.717) is 38.0 Å². The maximum absolute atomic E-state index is 13.2. The molecule has 1 fully saturated rings. The van der Waals surface area contributed by atoms with Crippen LogP contribution in [0.2, 0.25) is 0 Å². The molecule has 1 aromatic carbocycles. The number of carbonyl (C=O) groups is 3. The molecule has 0 unspecified atom stereocenters. The van der Waals surface area contributed by atoms with E-state index in [1.165, 1.54) is 0 Å². The number of ketones is 2. The van der Waals surface area contributed by atoms with Gasteiger partial charge in [-0.15, -0.1) is 0 Å². The zero-order valence-electron chi connectivity index (χ0n) is 18.2. The number of amides is 1. The minimum Gasteiger partial charge on any atom is -0.359 e. The van der Waals surface area contributed by atoms with Gasteiger partial charge in [0.05, 0.1) is 12.4 Å². The molecule has 0 radical (unpaired) electrons. The Morgan fingerprint density at radius 1 is 1.10 bits per heavy atom. The zero-order chi connectivity index (χ0) is 22.6. The normalized spacial score (nSPS) is 21.2. The fourth-order valence-electron chi connectivity index (χ4n) is 4.93. The van der Waals surface area contributed by atoms with Gasteiger partial charge in [0.2, 0.25) is 6.41 Å². The Morgan fingerprint density at radius 3 is 2.19 bits per heavy atom. The Kier molecular flexibility index (Phi) is 6.93. The van der Waals surface area contributed by atoms with Gasteiger partial charge in [0.1, 0.15) is 17.5 Å². The maximum atomic E-state index is 13.2. The number of hydrogen-bond donors (Lipinski definition) is 1. The highest BCUT2D eigenvalue weighted by atomic mass is 19.1. The summed E-state index contributed by atoms with van der Waals surface area (Å²) in [5.74, 6) is -1.01. The summed E-state index contributed by atoms with van der Waals surface area (Å²) in [5.41, 5.74) is 2.71. The topological polar surface area (TPSA) is 89.0 Å².